The van der Waals surface area contributed by atoms with Gasteiger partial charge in [-0.25, -0.2) is 0 Å². The summed E-state index contributed by atoms with van der Waals surface area (Å²) in [5.41, 5.74) is 0. The largest absolute Gasteiger partial charge is 0.297 e. The number of rotatable bonds is 0. The fraction of sp³-hybridized carbons (Fsp3) is 0.900. The number of carbonyl (C=O) groups is 1. The van der Waals surface area contributed by atoms with E-state index in [1.807, 2.05) is 23.5 Å². The molecule has 2 fully saturated rings. The van der Waals surface area contributed by atoms with Crippen molar-refractivity contribution < 1.29 is 4.79 Å². The van der Waals surface area contributed by atoms with Crippen LogP contribution < -0.4 is 0 Å². The molecule has 1 aliphatic heterocycles. The molecule has 0 amide bonds. The minimum atomic E-state index is -0.0307. The molecule has 1 aliphatic carbocycles. The van der Waals surface area contributed by atoms with E-state index in [9.17, 15) is 4.79 Å². The Labute approximate surface area is 88.4 Å². The summed E-state index contributed by atoms with van der Waals surface area (Å²) in [5, 5.41) is 0. The average Bonchev–Trinajstić information content (AvgIpc) is 2.33. The molecular formula is C10H16OS2. The molecule has 0 radical (unpaired) electrons. The monoisotopic (exact) mass is 216 g/mol. The van der Waals surface area contributed by atoms with Crippen molar-refractivity contribution in [1.82, 2.24) is 0 Å². The van der Waals surface area contributed by atoms with Gasteiger partial charge in [-0.15, -0.1) is 23.5 Å². The second-order valence-corrected chi connectivity index (χ2v) is 7.18. The summed E-state index contributed by atoms with van der Waals surface area (Å²) in [4.78, 5) is 12.1. The molecule has 74 valence electrons. The van der Waals surface area contributed by atoms with Crippen LogP contribution in [0.25, 0.3) is 0 Å². The molecule has 13 heavy (non-hydrogen) atoms. The lowest BCUT2D eigenvalue weighted by Crippen LogP contribution is -2.31. The molecule has 1 saturated carbocycles. The summed E-state index contributed by atoms with van der Waals surface area (Å²) in [6.45, 7) is 4.31. The molecule has 2 rings (SSSR count). The van der Waals surface area contributed by atoms with Gasteiger partial charge in [-0.2, -0.15) is 0 Å². The lowest BCUT2D eigenvalue weighted by atomic mass is 10.0. The van der Waals surface area contributed by atoms with E-state index in [4.69, 9.17) is 0 Å². The van der Waals surface area contributed by atoms with E-state index >= 15 is 0 Å². The number of ketones is 1. The second-order valence-electron chi connectivity index (χ2n) is 4.14. The zero-order valence-electron chi connectivity index (χ0n) is 8.21. The molecule has 0 N–H and O–H groups in total. The first-order chi connectivity index (χ1) is 6.16. The Morgan fingerprint density at radius 3 is 2.38 bits per heavy atom. The minimum Gasteiger partial charge on any atom is -0.297 e. The zero-order chi connectivity index (χ0) is 9.47. The maximum atomic E-state index is 12.1. The van der Waals surface area contributed by atoms with Gasteiger partial charge >= 0.3 is 0 Å². The van der Waals surface area contributed by atoms with E-state index in [1.165, 1.54) is 17.9 Å². The number of Topliss-reactive ketones (excluding diaryl/α,β-unsaturated/α-hetero) is 1. The molecule has 1 nitrogen and oxygen atoms in total. The maximum Gasteiger partial charge on any atom is 0.161 e. The van der Waals surface area contributed by atoms with Crippen molar-refractivity contribution in [2.45, 2.75) is 30.8 Å². The van der Waals surface area contributed by atoms with Crippen molar-refractivity contribution in [3.05, 3.63) is 0 Å². The molecule has 2 aliphatic rings. The second kappa shape index (κ2) is 3.50. The highest BCUT2D eigenvalue weighted by atomic mass is 32.2. The Bertz CT molecular complexity index is 221. The number of carbonyl (C=O) groups excluding carboxylic acids is 1. The molecule has 0 aromatic rings. The van der Waals surface area contributed by atoms with E-state index in [2.05, 4.69) is 13.8 Å². The quantitative estimate of drug-likeness (QED) is 0.620. The Kier molecular flexibility index (Phi) is 2.67. The third kappa shape index (κ3) is 1.54. The first-order valence-electron chi connectivity index (χ1n) is 4.98. The lowest BCUT2D eigenvalue weighted by Gasteiger charge is -2.30. The van der Waals surface area contributed by atoms with E-state index in [-0.39, 0.29) is 10.00 Å². The predicted molar refractivity (Wildman–Crippen MR) is 60.2 cm³/mol. The van der Waals surface area contributed by atoms with Gasteiger partial charge in [0.15, 0.2) is 5.78 Å². The number of thioether (sulfide) groups is 2. The van der Waals surface area contributed by atoms with E-state index in [0.717, 1.165) is 6.42 Å². The molecule has 2 atom stereocenters. The van der Waals surface area contributed by atoms with Crippen LogP contribution in [0.1, 0.15) is 26.7 Å². The lowest BCUT2D eigenvalue weighted by molar-refractivity contribution is -0.120. The minimum absolute atomic E-state index is 0.0307. The van der Waals surface area contributed by atoms with E-state index in [0.29, 0.717) is 11.7 Å². The van der Waals surface area contributed by atoms with Gasteiger partial charge in [0, 0.05) is 5.92 Å². The topological polar surface area (TPSA) is 17.1 Å². The van der Waals surface area contributed by atoms with Gasteiger partial charge in [-0.05, 0) is 30.3 Å². The fourth-order valence-electron chi connectivity index (χ4n) is 2.14. The van der Waals surface area contributed by atoms with Crippen LogP contribution in [0.15, 0.2) is 0 Å². The molecule has 1 heterocycles. The van der Waals surface area contributed by atoms with E-state index in [1.54, 1.807) is 0 Å². The summed E-state index contributed by atoms with van der Waals surface area (Å²) in [6, 6.07) is 0. The predicted octanol–water partition coefficient (Wildman–Crippen LogP) is 2.80. The van der Waals surface area contributed by atoms with Gasteiger partial charge in [0.25, 0.3) is 0 Å². The molecule has 0 aromatic heterocycles. The van der Waals surface area contributed by atoms with Gasteiger partial charge in [-0.1, -0.05) is 13.8 Å². The number of hydrogen-bond donors (Lipinski definition) is 0. The third-order valence-electron chi connectivity index (χ3n) is 3.19. The molecular weight excluding hydrogens is 200 g/mol. The van der Waals surface area contributed by atoms with Crippen LogP contribution in [0, 0.1) is 11.8 Å². The normalized spacial score (nSPS) is 38.5. The smallest absolute Gasteiger partial charge is 0.161 e. The van der Waals surface area contributed by atoms with Crippen LogP contribution in [-0.4, -0.2) is 21.4 Å². The zero-order valence-corrected chi connectivity index (χ0v) is 9.84. The summed E-state index contributed by atoms with van der Waals surface area (Å²) >= 11 is 3.80. The summed E-state index contributed by atoms with van der Waals surface area (Å²) < 4.78 is -0.0307. The first-order valence-corrected chi connectivity index (χ1v) is 6.95. The van der Waals surface area contributed by atoms with Crippen LogP contribution in [0.4, 0.5) is 0 Å². The van der Waals surface area contributed by atoms with Crippen LogP contribution in [0.2, 0.25) is 0 Å². The summed E-state index contributed by atoms with van der Waals surface area (Å²) in [5.74, 6) is 3.74. The van der Waals surface area contributed by atoms with E-state index < -0.39 is 0 Å². The molecule has 0 bridgehead atoms. The Morgan fingerprint density at radius 2 is 1.92 bits per heavy atom. The Hall–Kier alpha value is 0.370. The molecule has 0 aromatic carbocycles. The highest BCUT2D eigenvalue weighted by Gasteiger charge is 2.51. The van der Waals surface area contributed by atoms with Gasteiger partial charge in [0.1, 0.15) is 4.08 Å². The van der Waals surface area contributed by atoms with Crippen LogP contribution in [-0.2, 0) is 4.79 Å². The highest BCUT2D eigenvalue weighted by molar-refractivity contribution is 8.19. The maximum absolute atomic E-state index is 12.1. The standard InChI is InChI=1S/C10H16OS2/c1-7-6-10(9(11)8(7)2)12-4-3-5-13-10/h7-8H,3-6H2,1-2H3. The Balaban J connectivity index is 2.18. The van der Waals surface area contributed by atoms with Gasteiger partial charge in [0.2, 0.25) is 0 Å². The van der Waals surface area contributed by atoms with Crippen LogP contribution >= 0.6 is 23.5 Å². The van der Waals surface area contributed by atoms with Crippen LogP contribution in [0.5, 0.6) is 0 Å². The molecule has 1 spiro atoms. The highest BCUT2D eigenvalue weighted by Crippen LogP contribution is 2.54. The van der Waals surface area contributed by atoms with Crippen molar-refractivity contribution in [3.8, 4) is 0 Å². The van der Waals surface area contributed by atoms with Crippen molar-refractivity contribution in [2.24, 2.45) is 11.8 Å². The summed E-state index contributed by atoms with van der Waals surface area (Å²) in [7, 11) is 0. The number of hydrogen-bond acceptors (Lipinski definition) is 3. The fourth-order valence-corrected chi connectivity index (χ4v) is 5.81. The van der Waals surface area contributed by atoms with Gasteiger partial charge < -0.3 is 0 Å². The van der Waals surface area contributed by atoms with Crippen LogP contribution in [0.3, 0.4) is 0 Å². The average molecular weight is 216 g/mol. The van der Waals surface area contributed by atoms with Crippen molar-refractivity contribution >= 4 is 29.3 Å². The third-order valence-corrected chi connectivity index (χ3v) is 6.55. The SMILES string of the molecule is CC1CC2(SCCCS2)C(=O)C1C. The van der Waals surface area contributed by atoms with Gasteiger partial charge in [0.05, 0.1) is 0 Å². The molecule has 1 saturated heterocycles. The molecule has 2 unspecified atom stereocenters. The van der Waals surface area contributed by atoms with Crippen molar-refractivity contribution in [1.29, 1.82) is 0 Å². The summed E-state index contributed by atoms with van der Waals surface area (Å²) in [6.07, 6.45) is 2.37. The Morgan fingerprint density at radius 1 is 1.31 bits per heavy atom. The first kappa shape index (κ1) is 9.91. The molecule has 3 heteroatoms. The van der Waals surface area contributed by atoms with Gasteiger partial charge in [-0.3, -0.25) is 4.79 Å². The van der Waals surface area contributed by atoms with Crippen molar-refractivity contribution in [3.63, 3.8) is 0 Å². The van der Waals surface area contributed by atoms with Crippen molar-refractivity contribution in [2.75, 3.05) is 11.5 Å².